The van der Waals surface area contributed by atoms with Gasteiger partial charge < -0.3 is 19.3 Å². The monoisotopic (exact) mass is 548 g/mol. The van der Waals surface area contributed by atoms with E-state index in [1.54, 1.807) is 49.3 Å². The van der Waals surface area contributed by atoms with Crippen LogP contribution in [0.15, 0.2) is 42.7 Å². The van der Waals surface area contributed by atoms with E-state index in [-0.39, 0.29) is 47.0 Å². The van der Waals surface area contributed by atoms with E-state index in [0.717, 1.165) is 0 Å². The molecule has 1 aliphatic heterocycles. The van der Waals surface area contributed by atoms with Gasteiger partial charge in [0.1, 0.15) is 28.7 Å². The van der Waals surface area contributed by atoms with Crippen LogP contribution in [0.4, 0.5) is 14.6 Å². The maximum absolute atomic E-state index is 16.4. The summed E-state index contributed by atoms with van der Waals surface area (Å²) in [4.78, 5) is 33.3. The number of methoxy groups -OCH3 is 1. The lowest BCUT2D eigenvalue weighted by molar-refractivity contribution is -0.129. The van der Waals surface area contributed by atoms with E-state index in [0.29, 0.717) is 48.6 Å². The molecule has 0 bridgehead atoms. The Hall–Kier alpha value is -4.41. The van der Waals surface area contributed by atoms with E-state index in [1.807, 2.05) is 11.8 Å². The second kappa shape index (κ2) is 11.4. The van der Waals surface area contributed by atoms with E-state index < -0.39 is 11.6 Å². The number of ether oxygens (including phenoxy) is 2. The lowest BCUT2D eigenvalue weighted by Gasteiger charge is -2.40. The van der Waals surface area contributed by atoms with Crippen molar-refractivity contribution in [3.63, 3.8) is 0 Å². The number of carbonyl (C=O) groups is 1. The summed E-state index contributed by atoms with van der Waals surface area (Å²) in [6, 6.07) is 7.73. The molecule has 2 aromatic carbocycles. The zero-order valence-corrected chi connectivity index (χ0v) is 22.8. The fraction of sp³-hybridized carbons (Fsp3) is 0.345. The van der Waals surface area contributed by atoms with Gasteiger partial charge in [-0.3, -0.25) is 4.79 Å². The van der Waals surface area contributed by atoms with E-state index >= 15 is 8.78 Å². The van der Waals surface area contributed by atoms with Gasteiger partial charge in [-0.15, -0.1) is 0 Å². The molecule has 0 spiro atoms. The molecule has 5 rings (SSSR count). The van der Waals surface area contributed by atoms with Gasteiger partial charge in [-0.1, -0.05) is 6.07 Å². The second-order valence-corrected chi connectivity index (χ2v) is 9.70. The third-order valence-electron chi connectivity index (χ3n) is 7.05. The van der Waals surface area contributed by atoms with Crippen LogP contribution in [0.1, 0.15) is 25.2 Å². The van der Waals surface area contributed by atoms with Crippen LogP contribution in [-0.2, 0) is 11.2 Å². The standard InChI is InChI=1S/C29H30F2N6O3/c1-17-15-20-27(26(31)24(17)25-21(30)7-5-8-22(25)39-4)34-29(40-14-9-23-32-10-6-11-33-23)35-28(20)37-13-12-36(19(3)38)16-18(37)2/h5-8,10-11,15,18H,9,12-14,16H2,1-4H3. The third kappa shape index (κ3) is 5.23. The highest BCUT2D eigenvalue weighted by Crippen LogP contribution is 2.41. The summed E-state index contributed by atoms with van der Waals surface area (Å²) < 4.78 is 42.7. The smallest absolute Gasteiger partial charge is 0.319 e. The van der Waals surface area contributed by atoms with Gasteiger partial charge in [0.25, 0.3) is 0 Å². The first-order valence-electron chi connectivity index (χ1n) is 13.0. The Morgan fingerprint density at radius 2 is 1.88 bits per heavy atom. The molecule has 0 saturated carbocycles. The molecular weight excluding hydrogens is 518 g/mol. The first-order valence-corrected chi connectivity index (χ1v) is 13.0. The van der Waals surface area contributed by atoms with E-state index in [2.05, 4.69) is 15.0 Å². The topological polar surface area (TPSA) is 93.6 Å². The predicted octanol–water partition coefficient (Wildman–Crippen LogP) is 4.36. The van der Waals surface area contributed by atoms with E-state index in [1.165, 1.54) is 19.2 Å². The number of carbonyl (C=O) groups excluding carboxylic acids is 1. The molecule has 1 fully saturated rings. The molecule has 1 unspecified atom stereocenters. The number of hydrogen-bond acceptors (Lipinski definition) is 8. The van der Waals surface area contributed by atoms with Crippen LogP contribution in [0, 0.1) is 18.6 Å². The maximum atomic E-state index is 16.4. The molecule has 4 aromatic rings. The van der Waals surface area contributed by atoms with Gasteiger partial charge in [0.05, 0.1) is 19.3 Å². The van der Waals surface area contributed by atoms with Crippen molar-refractivity contribution in [3.05, 3.63) is 65.7 Å². The average molecular weight is 549 g/mol. The third-order valence-corrected chi connectivity index (χ3v) is 7.05. The molecule has 1 aliphatic rings. The number of hydrogen-bond donors (Lipinski definition) is 0. The lowest BCUT2D eigenvalue weighted by Crippen LogP contribution is -2.53. The van der Waals surface area contributed by atoms with Crippen LogP contribution in [0.25, 0.3) is 22.0 Å². The number of nitrogens with zero attached hydrogens (tertiary/aromatic N) is 6. The Kier molecular flexibility index (Phi) is 7.72. The largest absolute Gasteiger partial charge is 0.496 e. The summed E-state index contributed by atoms with van der Waals surface area (Å²) in [5.74, 6) is -0.0222. The minimum Gasteiger partial charge on any atom is -0.496 e. The summed E-state index contributed by atoms with van der Waals surface area (Å²) in [6.07, 6.45) is 3.69. The van der Waals surface area contributed by atoms with Gasteiger partial charge >= 0.3 is 6.01 Å². The van der Waals surface area contributed by atoms with E-state index in [9.17, 15) is 4.79 Å². The van der Waals surface area contributed by atoms with Crippen molar-refractivity contribution in [2.24, 2.45) is 0 Å². The Morgan fingerprint density at radius 3 is 2.58 bits per heavy atom. The van der Waals surface area contributed by atoms with Gasteiger partial charge in [-0.25, -0.2) is 18.7 Å². The molecule has 40 heavy (non-hydrogen) atoms. The summed E-state index contributed by atoms with van der Waals surface area (Å²) in [5, 5.41) is 0.468. The highest BCUT2D eigenvalue weighted by molar-refractivity contribution is 5.95. The van der Waals surface area contributed by atoms with Crippen molar-refractivity contribution in [3.8, 4) is 22.9 Å². The number of fused-ring (bicyclic) bond motifs is 1. The molecular formula is C29H30F2N6O3. The highest BCUT2D eigenvalue weighted by Gasteiger charge is 2.30. The number of anilines is 1. The average Bonchev–Trinajstić information content (AvgIpc) is 2.94. The van der Waals surface area contributed by atoms with Crippen molar-refractivity contribution >= 4 is 22.6 Å². The second-order valence-electron chi connectivity index (χ2n) is 9.70. The van der Waals surface area contributed by atoms with Gasteiger partial charge in [0.2, 0.25) is 5.91 Å². The first-order chi connectivity index (χ1) is 19.3. The Morgan fingerprint density at radius 1 is 1.10 bits per heavy atom. The highest BCUT2D eigenvalue weighted by atomic mass is 19.1. The molecule has 3 heterocycles. The predicted molar refractivity (Wildman–Crippen MR) is 146 cm³/mol. The molecule has 1 atom stereocenters. The molecule has 11 heteroatoms. The van der Waals surface area contributed by atoms with Crippen molar-refractivity contribution in [1.82, 2.24) is 24.8 Å². The molecule has 208 valence electrons. The molecule has 2 aromatic heterocycles. The first kappa shape index (κ1) is 27.2. The number of aromatic nitrogens is 4. The molecule has 1 saturated heterocycles. The van der Waals surface area contributed by atoms with Crippen LogP contribution in [0.2, 0.25) is 0 Å². The van der Waals surface area contributed by atoms with Gasteiger partial charge in [-0.05, 0) is 43.7 Å². The number of piperazine rings is 1. The summed E-state index contributed by atoms with van der Waals surface area (Å²) in [7, 11) is 1.41. The molecule has 9 nitrogen and oxygen atoms in total. The van der Waals surface area contributed by atoms with E-state index in [4.69, 9.17) is 14.5 Å². The van der Waals surface area contributed by atoms with Crippen molar-refractivity contribution in [1.29, 1.82) is 0 Å². The Bertz CT molecular complexity index is 1550. The molecule has 0 N–H and O–H groups in total. The van der Waals surface area contributed by atoms with Crippen LogP contribution in [-0.4, -0.2) is 70.1 Å². The fourth-order valence-electron chi connectivity index (χ4n) is 5.08. The molecule has 0 radical (unpaired) electrons. The minimum atomic E-state index is -0.701. The van der Waals surface area contributed by atoms with Crippen molar-refractivity contribution in [2.45, 2.75) is 33.2 Å². The lowest BCUT2D eigenvalue weighted by atomic mass is 9.96. The summed E-state index contributed by atoms with van der Waals surface area (Å²) in [5.41, 5.74) is 0.589. The normalized spacial score (nSPS) is 15.4. The fourth-order valence-corrected chi connectivity index (χ4v) is 5.08. The van der Waals surface area contributed by atoms with Crippen LogP contribution < -0.4 is 14.4 Å². The zero-order chi connectivity index (χ0) is 28.4. The van der Waals surface area contributed by atoms with Gasteiger partial charge in [0, 0.05) is 62.4 Å². The Balaban J connectivity index is 1.62. The van der Waals surface area contributed by atoms with Crippen LogP contribution >= 0.6 is 0 Å². The SMILES string of the molecule is COc1cccc(F)c1-c1c(C)cc2c(N3CCN(C(C)=O)CC3C)nc(OCCc3ncccn3)nc2c1F. The van der Waals surface area contributed by atoms with Crippen molar-refractivity contribution < 1.29 is 23.0 Å². The number of halogens is 2. The van der Waals surface area contributed by atoms with Gasteiger partial charge in [0.15, 0.2) is 5.82 Å². The Labute approximate surface area is 230 Å². The number of rotatable bonds is 7. The minimum absolute atomic E-state index is 0.00284. The quantitative estimate of drug-likeness (QED) is 0.336. The van der Waals surface area contributed by atoms with Crippen LogP contribution in [0.5, 0.6) is 11.8 Å². The zero-order valence-electron chi connectivity index (χ0n) is 22.8. The number of amides is 1. The molecule has 1 amide bonds. The molecule has 0 aliphatic carbocycles. The number of benzene rings is 2. The summed E-state index contributed by atoms with van der Waals surface area (Å²) >= 11 is 0. The number of aryl methyl sites for hydroxylation is 1. The van der Waals surface area contributed by atoms with Crippen LogP contribution in [0.3, 0.4) is 0 Å². The maximum Gasteiger partial charge on any atom is 0.319 e. The van der Waals surface area contributed by atoms with Crippen molar-refractivity contribution in [2.75, 3.05) is 38.3 Å². The van der Waals surface area contributed by atoms with Gasteiger partial charge in [-0.2, -0.15) is 9.97 Å². The summed E-state index contributed by atoms with van der Waals surface area (Å²) in [6.45, 7) is 6.90.